The maximum absolute atomic E-state index is 12.0. The number of rotatable bonds is 4. The van der Waals surface area contributed by atoms with Crippen molar-refractivity contribution in [3.63, 3.8) is 0 Å². The van der Waals surface area contributed by atoms with Crippen molar-refractivity contribution in [1.29, 1.82) is 0 Å². The minimum Gasteiger partial charge on any atom is -0.484 e. The standard InChI is InChI=1S/C17H15ClN2O2S/c1-10-7-13(4-5-14(10)18)22-9-17(21)20-12-3-6-15-16(8-12)23-11(2)19-15/h3-8H,9H2,1-2H3,(H,20,21). The molecule has 1 N–H and O–H groups in total. The Morgan fingerprint density at radius 2 is 2.09 bits per heavy atom. The molecule has 0 fully saturated rings. The molecule has 0 saturated carbocycles. The summed E-state index contributed by atoms with van der Waals surface area (Å²) in [5.41, 5.74) is 2.59. The lowest BCUT2D eigenvalue weighted by Crippen LogP contribution is -2.20. The number of benzene rings is 2. The van der Waals surface area contributed by atoms with Gasteiger partial charge >= 0.3 is 0 Å². The molecule has 2 aromatic carbocycles. The smallest absolute Gasteiger partial charge is 0.262 e. The summed E-state index contributed by atoms with van der Waals surface area (Å²) < 4.78 is 6.54. The molecule has 0 bridgehead atoms. The van der Waals surface area contributed by atoms with Gasteiger partial charge in [0, 0.05) is 10.7 Å². The predicted octanol–water partition coefficient (Wildman–Crippen LogP) is 4.58. The first kappa shape index (κ1) is 15.8. The summed E-state index contributed by atoms with van der Waals surface area (Å²) in [6.45, 7) is 3.80. The Bertz CT molecular complexity index is 876. The zero-order valence-corrected chi connectivity index (χ0v) is 14.3. The van der Waals surface area contributed by atoms with Crippen LogP contribution in [0.4, 0.5) is 5.69 Å². The highest BCUT2D eigenvalue weighted by Crippen LogP contribution is 2.25. The number of aryl methyl sites for hydroxylation is 2. The average molecular weight is 347 g/mol. The first-order valence-corrected chi connectivity index (χ1v) is 8.27. The number of thiazole rings is 1. The van der Waals surface area contributed by atoms with Gasteiger partial charge in [0.1, 0.15) is 5.75 Å². The molecular weight excluding hydrogens is 332 g/mol. The summed E-state index contributed by atoms with van der Waals surface area (Å²) in [6.07, 6.45) is 0. The van der Waals surface area contributed by atoms with Gasteiger partial charge in [0.15, 0.2) is 6.61 Å². The van der Waals surface area contributed by atoms with E-state index >= 15 is 0 Å². The highest BCUT2D eigenvalue weighted by Gasteiger charge is 2.07. The van der Waals surface area contributed by atoms with Crippen LogP contribution < -0.4 is 10.1 Å². The highest BCUT2D eigenvalue weighted by atomic mass is 35.5. The van der Waals surface area contributed by atoms with Crippen molar-refractivity contribution < 1.29 is 9.53 Å². The number of anilines is 1. The van der Waals surface area contributed by atoms with Crippen molar-refractivity contribution in [3.8, 4) is 5.75 Å². The van der Waals surface area contributed by atoms with Gasteiger partial charge < -0.3 is 10.1 Å². The van der Waals surface area contributed by atoms with Gasteiger partial charge in [0.05, 0.1) is 15.2 Å². The quantitative estimate of drug-likeness (QED) is 0.752. The molecule has 23 heavy (non-hydrogen) atoms. The van der Waals surface area contributed by atoms with Crippen LogP contribution in [0.2, 0.25) is 5.02 Å². The van der Waals surface area contributed by atoms with E-state index in [2.05, 4.69) is 10.3 Å². The van der Waals surface area contributed by atoms with Gasteiger partial charge in [-0.1, -0.05) is 11.6 Å². The Kier molecular flexibility index (Phi) is 4.50. The van der Waals surface area contributed by atoms with Crippen molar-refractivity contribution in [3.05, 3.63) is 52.0 Å². The van der Waals surface area contributed by atoms with Crippen LogP contribution in [0.25, 0.3) is 10.2 Å². The molecule has 1 aromatic heterocycles. The SMILES string of the molecule is Cc1nc2ccc(NC(=O)COc3ccc(Cl)c(C)c3)cc2s1. The van der Waals surface area contributed by atoms with Crippen LogP contribution in [0, 0.1) is 13.8 Å². The number of ether oxygens (including phenoxy) is 1. The number of nitrogens with one attached hydrogen (secondary N) is 1. The summed E-state index contributed by atoms with van der Waals surface area (Å²) >= 11 is 7.56. The first-order valence-electron chi connectivity index (χ1n) is 7.07. The molecule has 118 valence electrons. The Morgan fingerprint density at radius 1 is 1.26 bits per heavy atom. The zero-order chi connectivity index (χ0) is 16.4. The van der Waals surface area contributed by atoms with Gasteiger partial charge in [0.2, 0.25) is 0 Å². The van der Waals surface area contributed by atoms with E-state index in [1.54, 1.807) is 23.5 Å². The van der Waals surface area contributed by atoms with Crippen LogP contribution in [0.3, 0.4) is 0 Å². The highest BCUT2D eigenvalue weighted by molar-refractivity contribution is 7.18. The number of nitrogens with zero attached hydrogens (tertiary/aromatic N) is 1. The summed E-state index contributed by atoms with van der Waals surface area (Å²) in [6, 6.07) is 11.0. The number of hydrogen-bond donors (Lipinski definition) is 1. The number of amides is 1. The van der Waals surface area contributed by atoms with E-state index in [0.717, 1.165) is 26.5 Å². The number of fused-ring (bicyclic) bond motifs is 1. The zero-order valence-electron chi connectivity index (χ0n) is 12.7. The summed E-state index contributed by atoms with van der Waals surface area (Å²) in [5, 5.41) is 4.51. The lowest BCUT2D eigenvalue weighted by atomic mass is 10.2. The first-order chi connectivity index (χ1) is 11.0. The molecular formula is C17H15ClN2O2S. The van der Waals surface area contributed by atoms with Gasteiger partial charge in [-0.2, -0.15) is 0 Å². The minimum absolute atomic E-state index is 0.0547. The van der Waals surface area contributed by atoms with Crippen LogP contribution in [-0.4, -0.2) is 17.5 Å². The monoisotopic (exact) mass is 346 g/mol. The predicted molar refractivity (Wildman–Crippen MR) is 94.7 cm³/mol. The van der Waals surface area contributed by atoms with E-state index in [0.29, 0.717) is 10.8 Å². The molecule has 3 aromatic rings. The third kappa shape index (κ3) is 3.81. The Labute approximate surface area is 143 Å². The van der Waals surface area contributed by atoms with Crippen LogP contribution >= 0.6 is 22.9 Å². The molecule has 0 spiro atoms. The molecule has 0 radical (unpaired) electrons. The Hall–Kier alpha value is -2.11. The molecule has 0 aliphatic rings. The van der Waals surface area contributed by atoms with Crippen molar-refractivity contribution in [2.45, 2.75) is 13.8 Å². The summed E-state index contributed by atoms with van der Waals surface area (Å²) in [7, 11) is 0. The van der Waals surface area contributed by atoms with Crippen LogP contribution in [0.5, 0.6) is 5.75 Å². The van der Waals surface area contributed by atoms with Crippen LogP contribution in [-0.2, 0) is 4.79 Å². The third-order valence-electron chi connectivity index (χ3n) is 3.28. The lowest BCUT2D eigenvalue weighted by Gasteiger charge is -2.08. The summed E-state index contributed by atoms with van der Waals surface area (Å²) in [5.74, 6) is 0.411. The van der Waals surface area contributed by atoms with Crippen molar-refractivity contribution in [2.24, 2.45) is 0 Å². The van der Waals surface area contributed by atoms with Crippen LogP contribution in [0.15, 0.2) is 36.4 Å². The minimum atomic E-state index is -0.210. The van der Waals surface area contributed by atoms with E-state index in [-0.39, 0.29) is 12.5 Å². The molecule has 6 heteroatoms. The van der Waals surface area contributed by atoms with E-state index < -0.39 is 0 Å². The number of hydrogen-bond acceptors (Lipinski definition) is 4. The molecule has 0 aliphatic carbocycles. The Balaban J connectivity index is 1.62. The molecule has 1 amide bonds. The number of carbonyl (C=O) groups excluding carboxylic acids is 1. The van der Waals surface area contributed by atoms with E-state index in [4.69, 9.17) is 16.3 Å². The van der Waals surface area contributed by atoms with Crippen LogP contribution in [0.1, 0.15) is 10.6 Å². The summed E-state index contributed by atoms with van der Waals surface area (Å²) in [4.78, 5) is 16.4. The molecule has 4 nitrogen and oxygen atoms in total. The second kappa shape index (κ2) is 6.56. The van der Waals surface area contributed by atoms with E-state index in [1.165, 1.54) is 0 Å². The van der Waals surface area contributed by atoms with E-state index in [1.807, 2.05) is 38.1 Å². The van der Waals surface area contributed by atoms with Gasteiger partial charge in [0.25, 0.3) is 5.91 Å². The molecule has 3 rings (SSSR count). The van der Waals surface area contributed by atoms with Crippen molar-refractivity contribution in [2.75, 3.05) is 11.9 Å². The maximum atomic E-state index is 12.0. The maximum Gasteiger partial charge on any atom is 0.262 e. The molecule has 0 saturated heterocycles. The normalized spacial score (nSPS) is 10.7. The van der Waals surface area contributed by atoms with E-state index in [9.17, 15) is 4.79 Å². The molecule has 0 unspecified atom stereocenters. The third-order valence-corrected chi connectivity index (χ3v) is 4.64. The van der Waals surface area contributed by atoms with Crippen molar-refractivity contribution in [1.82, 2.24) is 4.98 Å². The number of aromatic nitrogens is 1. The Morgan fingerprint density at radius 3 is 2.87 bits per heavy atom. The fourth-order valence-electron chi connectivity index (χ4n) is 2.17. The fraction of sp³-hybridized carbons (Fsp3) is 0.176. The second-order valence-electron chi connectivity index (χ2n) is 5.16. The topological polar surface area (TPSA) is 51.2 Å². The average Bonchev–Trinajstić information content (AvgIpc) is 2.88. The van der Waals surface area contributed by atoms with Gasteiger partial charge in [-0.3, -0.25) is 4.79 Å². The second-order valence-corrected chi connectivity index (χ2v) is 6.81. The number of carbonyl (C=O) groups is 1. The largest absolute Gasteiger partial charge is 0.484 e. The molecule has 1 heterocycles. The van der Waals surface area contributed by atoms with Crippen molar-refractivity contribution >= 4 is 44.7 Å². The van der Waals surface area contributed by atoms with Gasteiger partial charge in [-0.15, -0.1) is 11.3 Å². The number of halogens is 1. The molecule has 0 aliphatic heterocycles. The van der Waals surface area contributed by atoms with Gasteiger partial charge in [-0.25, -0.2) is 4.98 Å². The van der Waals surface area contributed by atoms with Gasteiger partial charge in [-0.05, 0) is 55.8 Å². The lowest BCUT2D eigenvalue weighted by molar-refractivity contribution is -0.118. The molecule has 0 atom stereocenters. The fourth-order valence-corrected chi connectivity index (χ4v) is 3.15.